The van der Waals surface area contributed by atoms with Gasteiger partial charge in [-0.15, -0.1) is 0 Å². The number of benzene rings is 1. The van der Waals surface area contributed by atoms with Gasteiger partial charge in [0, 0.05) is 0 Å². The third-order valence-electron chi connectivity index (χ3n) is 2.54. The van der Waals surface area contributed by atoms with Gasteiger partial charge in [0.15, 0.2) is 0 Å². The SMILES string of the molecule is CC([NH2+]CCC(=O)O)C(O)c1ccccc1.[Cl-]. The number of carboxylic acids is 1. The number of aliphatic hydroxyl groups excluding tert-OH is 1. The molecule has 2 atom stereocenters. The van der Waals surface area contributed by atoms with E-state index in [1.807, 2.05) is 42.6 Å². The van der Waals surface area contributed by atoms with E-state index in [0.29, 0.717) is 6.54 Å². The molecule has 0 aromatic heterocycles. The molecule has 4 nitrogen and oxygen atoms in total. The summed E-state index contributed by atoms with van der Waals surface area (Å²) in [6, 6.07) is 9.35. The molecule has 2 unspecified atom stereocenters. The van der Waals surface area contributed by atoms with Crippen LogP contribution in [0, 0.1) is 0 Å². The van der Waals surface area contributed by atoms with Gasteiger partial charge in [0.1, 0.15) is 12.1 Å². The fraction of sp³-hybridized carbons (Fsp3) is 0.417. The Bertz CT molecular complexity index is 332. The molecule has 0 heterocycles. The Morgan fingerprint density at radius 1 is 1.35 bits per heavy atom. The van der Waals surface area contributed by atoms with Crippen LogP contribution in [0.15, 0.2) is 30.3 Å². The number of carboxylic acid groups (broad SMARTS) is 1. The maximum absolute atomic E-state index is 10.3. The van der Waals surface area contributed by atoms with Crippen LogP contribution in [-0.4, -0.2) is 28.8 Å². The van der Waals surface area contributed by atoms with Crippen LogP contribution in [0.4, 0.5) is 0 Å². The van der Waals surface area contributed by atoms with E-state index in [4.69, 9.17) is 5.11 Å². The van der Waals surface area contributed by atoms with Crippen LogP contribution in [0.3, 0.4) is 0 Å². The Labute approximate surface area is 107 Å². The van der Waals surface area contributed by atoms with Gasteiger partial charge in [0.05, 0.1) is 13.0 Å². The first-order chi connectivity index (χ1) is 7.61. The third-order valence-corrected chi connectivity index (χ3v) is 2.54. The van der Waals surface area contributed by atoms with Crippen LogP contribution in [0.25, 0.3) is 0 Å². The summed E-state index contributed by atoms with van der Waals surface area (Å²) in [4.78, 5) is 10.3. The second kappa shape index (κ2) is 8.06. The number of quaternary nitrogens is 1. The molecule has 0 spiro atoms. The summed E-state index contributed by atoms with van der Waals surface area (Å²) in [6.07, 6.45) is -0.443. The number of nitrogens with two attached hydrogens (primary N) is 1. The lowest BCUT2D eigenvalue weighted by Gasteiger charge is -2.17. The van der Waals surface area contributed by atoms with Crippen LogP contribution < -0.4 is 17.7 Å². The van der Waals surface area contributed by atoms with E-state index in [2.05, 4.69) is 0 Å². The first kappa shape index (κ1) is 15.9. The van der Waals surface area contributed by atoms with E-state index in [0.717, 1.165) is 5.56 Å². The Balaban J connectivity index is 0.00000256. The van der Waals surface area contributed by atoms with Gasteiger partial charge in [-0.25, -0.2) is 0 Å². The van der Waals surface area contributed by atoms with E-state index in [1.54, 1.807) is 0 Å². The maximum atomic E-state index is 10.3. The van der Waals surface area contributed by atoms with Crippen LogP contribution in [-0.2, 0) is 4.79 Å². The molecule has 96 valence electrons. The Morgan fingerprint density at radius 2 is 1.94 bits per heavy atom. The Kier molecular flexibility index (Phi) is 7.54. The average Bonchev–Trinajstić information content (AvgIpc) is 2.28. The van der Waals surface area contributed by atoms with Crippen LogP contribution >= 0.6 is 0 Å². The van der Waals surface area contributed by atoms with Crippen LogP contribution in [0.1, 0.15) is 25.0 Å². The molecule has 17 heavy (non-hydrogen) atoms. The number of carbonyl (C=O) groups is 1. The first-order valence-electron chi connectivity index (χ1n) is 5.39. The summed E-state index contributed by atoms with van der Waals surface area (Å²) in [5.41, 5.74) is 0.863. The molecule has 1 rings (SSSR count). The van der Waals surface area contributed by atoms with Gasteiger partial charge in [-0.1, -0.05) is 30.3 Å². The molecule has 0 aliphatic carbocycles. The topological polar surface area (TPSA) is 74.1 Å². The van der Waals surface area contributed by atoms with Crippen LogP contribution in [0.2, 0.25) is 0 Å². The summed E-state index contributed by atoms with van der Waals surface area (Å²) < 4.78 is 0. The van der Waals surface area contributed by atoms with Crippen molar-refractivity contribution in [3.63, 3.8) is 0 Å². The number of hydrogen-bond donors (Lipinski definition) is 3. The second-order valence-corrected chi connectivity index (χ2v) is 3.88. The number of hydrogen-bond acceptors (Lipinski definition) is 2. The predicted molar refractivity (Wildman–Crippen MR) is 59.9 cm³/mol. The zero-order valence-corrected chi connectivity index (χ0v) is 10.5. The van der Waals surface area contributed by atoms with Gasteiger partial charge in [0.25, 0.3) is 0 Å². The molecule has 4 N–H and O–H groups in total. The fourth-order valence-corrected chi connectivity index (χ4v) is 1.55. The maximum Gasteiger partial charge on any atom is 0.309 e. The zero-order valence-electron chi connectivity index (χ0n) is 9.71. The molecule has 0 saturated heterocycles. The summed E-state index contributed by atoms with van der Waals surface area (Å²) in [5, 5.41) is 20.3. The molecule has 1 aromatic rings. The normalized spacial score (nSPS) is 13.5. The molecule has 0 fully saturated rings. The van der Waals surface area contributed by atoms with Crippen molar-refractivity contribution in [2.45, 2.75) is 25.5 Å². The standard InChI is InChI=1S/C12H17NO3.ClH/c1-9(13-8-7-11(14)15)12(16)10-5-3-2-4-6-10;/h2-6,9,12-13,16H,7-8H2,1H3,(H,14,15);1H. The molecule has 0 bridgehead atoms. The van der Waals surface area contributed by atoms with Crippen molar-refractivity contribution in [1.29, 1.82) is 0 Å². The smallest absolute Gasteiger partial charge is 0.309 e. The molecule has 0 aliphatic heterocycles. The van der Waals surface area contributed by atoms with Crippen molar-refractivity contribution >= 4 is 5.97 Å². The van der Waals surface area contributed by atoms with Gasteiger partial charge in [0.2, 0.25) is 0 Å². The molecule has 5 heteroatoms. The largest absolute Gasteiger partial charge is 1.00 e. The van der Waals surface area contributed by atoms with E-state index in [-0.39, 0.29) is 24.9 Å². The third kappa shape index (κ3) is 5.68. The highest BCUT2D eigenvalue weighted by Crippen LogP contribution is 2.13. The van der Waals surface area contributed by atoms with Crippen LogP contribution in [0.5, 0.6) is 0 Å². The summed E-state index contributed by atoms with van der Waals surface area (Å²) in [6.45, 7) is 2.37. The fourth-order valence-electron chi connectivity index (χ4n) is 1.55. The predicted octanol–water partition coefficient (Wildman–Crippen LogP) is -2.85. The highest BCUT2D eigenvalue weighted by molar-refractivity contribution is 5.66. The first-order valence-corrected chi connectivity index (χ1v) is 5.39. The second-order valence-electron chi connectivity index (χ2n) is 3.88. The summed E-state index contributed by atoms with van der Waals surface area (Å²) in [5.74, 6) is -0.808. The van der Waals surface area contributed by atoms with Gasteiger partial charge in [-0.3, -0.25) is 4.79 Å². The molecule has 0 amide bonds. The molecule has 1 aromatic carbocycles. The van der Waals surface area contributed by atoms with Crippen molar-refractivity contribution in [2.75, 3.05) is 6.54 Å². The number of halogens is 1. The van der Waals surface area contributed by atoms with Crippen molar-refractivity contribution < 1.29 is 32.7 Å². The van der Waals surface area contributed by atoms with Crippen molar-refractivity contribution in [2.24, 2.45) is 0 Å². The molecular formula is C12H18ClNO3. The Morgan fingerprint density at radius 3 is 2.47 bits per heavy atom. The molecule has 0 radical (unpaired) electrons. The highest BCUT2D eigenvalue weighted by Gasteiger charge is 2.18. The lowest BCUT2D eigenvalue weighted by molar-refractivity contribution is -0.693. The number of rotatable bonds is 6. The van der Waals surface area contributed by atoms with E-state index in [9.17, 15) is 9.90 Å². The van der Waals surface area contributed by atoms with E-state index in [1.165, 1.54) is 0 Å². The lowest BCUT2D eigenvalue weighted by Crippen LogP contribution is -3.00. The minimum atomic E-state index is -0.808. The number of aliphatic hydroxyl groups is 1. The number of aliphatic carboxylic acids is 1. The van der Waals surface area contributed by atoms with E-state index < -0.39 is 12.1 Å². The van der Waals surface area contributed by atoms with Gasteiger partial charge >= 0.3 is 5.97 Å². The van der Waals surface area contributed by atoms with Crippen molar-refractivity contribution in [1.82, 2.24) is 0 Å². The zero-order chi connectivity index (χ0) is 12.0. The highest BCUT2D eigenvalue weighted by atomic mass is 35.5. The van der Waals surface area contributed by atoms with Gasteiger partial charge in [-0.2, -0.15) is 0 Å². The van der Waals surface area contributed by atoms with Gasteiger partial charge in [-0.05, 0) is 12.5 Å². The van der Waals surface area contributed by atoms with E-state index >= 15 is 0 Å². The minimum absolute atomic E-state index is 0. The average molecular weight is 260 g/mol. The Hall–Kier alpha value is -1.10. The van der Waals surface area contributed by atoms with Crippen molar-refractivity contribution in [3.05, 3.63) is 35.9 Å². The summed E-state index contributed by atoms with van der Waals surface area (Å²) in [7, 11) is 0. The van der Waals surface area contributed by atoms with Gasteiger partial charge < -0.3 is 27.9 Å². The lowest BCUT2D eigenvalue weighted by atomic mass is 10.0. The monoisotopic (exact) mass is 259 g/mol. The quantitative estimate of drug-likeness (QED) is 0.515. The molecule has 0 saturated carbocycles. The molecular weight excluding hydrogens is 242 g/mol. The molecule has 0 aliphatic rings. The minimum Gasteiger partial charge on any atom is -1.00 e. The van der Waals surface area contributed by atoms with Crippen molar-refractivity contribution in [3.8, 4) is 0 Å². The summed E-state index contributed by atoms with van der Waals surface area (Å²) >= 11 is 0.